The number of carbonyl (C=O) groups is 2. The number of nitrogens with two attached hydrogens (primary N) is 1. The second kappa shape index (κ2) is 9.64. The standard InChI is InChI=1S/C24H26N2O6/c1-29-21-13-16(4-7-19(21)32-15-23(25)27)5-9-24(28)26-10-2-3-18(26)17-6-8-20-22(14-17)31-12-11-30-20/h4-9,13-14,18H,2-3,10-12,15H2,1H3,(H2,25,27). The van der Waals surface area contributed by atoms with Gasteiger partial charge < -0.3 is 29.6 Å². The SMILES string of the molecule is COc1cc(C=CC(=O)N2CCCC2c2ccc3c(c2)OCCO3)ccc1OCC(N)=O. The average molecular weight is 438 g/mol. The lowest BCUT2D eigenvalue weighted by molar-refractivity contribution is -0.126. The second-order valence-electron chi connectivity index (χ2n) is 7.59. The fraction of sp³-hybridized carbons (Fsp3) is 0.333. The Labute approximate surface area is 186 Å². The molecule has 0 aromatic heterocycles. The highest BCUT2D eigenvalue weighted by atomic mass is 16.6. The first kappa shape index (κ1) is 21.5. The van der Waals surface area contributed by atoms with Crippen molar-refractivity contribution in [2.75, 3.05) is 33.5 Å². The summed E-state index contributed by atoms with van der Waals surface area (Å²) in [7, 11) is 1.51. The van der Waals surface area contributed by atoms with Gasteiger partial charge in [0.25, 0.3) is 5.91 Å². The van der Waals surface area contributed by atoms with Crippen molar-refractivity contribution in [2.24, 2.45) is 5.73 Å². The number of nitrogens with zero attached hydrogens (tertiary/aromatic N) is 1. The minimum absolute atomic E-state index is 0.00193. The monoisotopic (exact) mass is 438 g/mol. The molecule has 32 heavy (non-hydrogen) atoms. The Morgan fingerprint density at radius 1 is 1.12 bits per heavy atom. The quantitative estimate of drug-likeness (QED) is 0.667. The molecule has 0 bridgehead atoms. The molecule has 0 spiro atoms. The van der Waals surface area contributed by atoms with E-state index in [9.17, 15) is 9.59 Å². The summed E-state index contributed by atoms with van der Waals surface area (Å²) >= 11 is 0. The van der Waals surface area contributed by atoms with Gasteiger partial charge in [-0.2, -0.15) is 0 Å². The van der Waals surface area contributed by atoms with Crippen molar-refractivity contribution < 1.29 is 28.5 Å². The maximum atomic E-state index is 13.0. The van der Waals surface area contributed by atoms with Crippen molar-refractivity contribution in [3.05, 3.63) is 53.6 Å². The van der Waals surface area contributed by atoms with Gasteiger partial charge in [-0.1, -0.05) is 12.1 Å². The van der Waals surface area contributed by atoms with Gasteiger partial charge in [-0.15, -0.1) is 0 Å². The van der Waals surface area contributed by atoms with E-state index in [4.69, 9.17) is 24.7 Å². The van der Waals surface area contributed by atoms with E-state index in [0.29, 0.717) is 31.3 Å². The lowest BCUT2D eigenvalue weighted by Crippen LogP contribution is -2.29. The zero-order chi connectivity index (χ0) is 22.5. The summed E-state index contributed by atoms with van der Waals surface area (Å²) in [5.74, 6) is 1.71. The second-order valence-corrected chi connectivity index (χ2v) is 7.59. The molecule has 2 N–H and O–H groups in total. The molecule has 168 valence electrons. The fourth-order valence-corrected chi connectivity index (χ4v) is 3.96. The first-order valence-electron chi connectivity index (χ1n) is 10.5. The van der Waals surface area contributed by atoms with Crippen LogP contribution in [-0.4, -0.2) is 50.2 Å². The van der Waals surface area contributed by atoms with Crippen molar-refractivity contribution in [2.45, 2.75) is 18.9 Å². The number of ether oxygens (including phenoxy) is 4. The Kier molecular flexibility index (Phi) is 6.49. The first-order chi connectivity index (χ1) is 15.5. The molecule has 8 nitrogen and oxygen atoms in total. The van der Waals surface area contributed by atoms with Gasteiger partial charge in [-0.05, 0) is 54.3 Å². The summed E-state index contributed by atoms with van der Waals surface area (Å²) in [4.78, 5) is 25.8. The van der Waals surface area contributed by atoms with Crippen LogP contribution in [-0.2, 0) is 9.59 Å². The fourth-order valence-electron chi connectivity index (χ4n) is 3.96. The van der Waals surface area contributed by atoms with E-state index in [2.05, 4.69) is 0 Å². The molecule has 0 aliphatic carbocycles. The molecule has 2 amide bonds. The maximum absolute atomic E-state index is 13.0. The number of primary amides is 1. The van der Waals surface area contributed by atoms with E-state index in [-0.39, 0.29) is 18.6 Å². The number of methoxy groups -OCH3 is 1. The van der Waals surface area contributed by atoms with Gasteiger partial charge in [0.15, 0.2) is 29.6 Å². The maximum Gasteiger partial charge on any atom is 0.255 e. The van der Waals surface area contributed by atoms with Gasteiger partial charge in [0.1, 0.15) is 13.2 Å². The van der Waals surface area contributed by atoms with Crippen molar-refractivity contribution in [3.63, 3.8) is 0 Å². The number of likely N-dealkylation sites (tertiary alicyclic amines) is 1. The molecule has 8 heteroatoms. The highest BCUT2D eigenvalue weighted by Crippen LogP contribution is 2.38. The highest BCUT2D eigenvalue weighted by molar-refractivity contribution is 5.92. The molecule has 1 saturated heterocycles. The molecule has 2 aromatic carbocycles. The van der Waals surface area contributed by atoms with Crippen LogP contribution in [0.1, 0.15) is 30.0 Å². The molecule has 2 aliphatic heterocycles. The first-order valence-corrected chi connectivity index (χ1v) is 10.5. The predicted molar refractivity (Wildman–Crippen MR) is 118 cm³/mol. The van der Waals surface area contributed by atoms with Gasteiger partial charge in [-0.3, -0.25) is 9.59 Å². The van der Waals surface area contributed by atoms with Crippen molar-refractivity contribution in [3.8, 4) is 23.0 Å². The summed E-state index contributed by atoms with van der Waals surface area (Å²) in [6.45, 7) is 1.54. The van der Waals surface area contributed by atoms with Crippen LogP contribution < -0.4 is 24.7 Å². The van der Waals surface area contributed by atoms with Crippen LogP contribution in [0.2, 0.25) is 0 Å². The Morgan fingerprint density at radius 3 is 2.72 bits per heavy atom. The van der Waals surface area contributed by atoms with Gasteiger partial charge >= 0.3 is 0 Å². The van der Waals surface area contributed by atoms with E-state index in [1.807, 2.05) is 23.1 Å². The predicted octanol–water partition coefficient (Wildman–Crippen LogP) is 2.71. The van der Waals surface area contributed by atoms with E-state index in [0.717, 1.165) is 35.5 Å². The lowest BCUT2D eigenvalue weighted by atomic mass is 10.0. The Bertz CT molecular complexity index is 1040. The molecule has 1 fully saturated rings. The topological polar surface area (TPSA) is 100 Å². The Balaban J connectivity index is 1.46. The summed E-state index contributed by atoms with van der Waals surface area (Å²) in [6.07, 6.45) is 5.15. The van der Waals surface area contributed by atoms with Crippen LogP contribution in [0.15, 0.2) is 42.5 Å². The lowest BCUT2D eigenvalue weighted by Gasteiger charge is -2.26. The Hall–Kier alpha value is -3.68. The molecule has 4 rings (SSSR count). The highest BCUT2D eigenvalue weighted by Gasteiger charge is 2.29. The third-order valence-electron chi connectivity index (χ3n) is 5.46. The number of carbonyl (C=O) groups excluding carboxylic acids is 2. The third-order valence-corrected chi connectivity index (χ3v) is 5.46. The normalized spacial score (nSPS) is 17.4. The van der Waals surface area contributed by atoms with Crippen LogP contribution in [0.25, 0.3) is 6.08 Å². The molecule has 2 aromatic rings. The van der Waals surface area contributed by atoms with Crippen LogP contribution in [0.3, 0.4) is 0 Å². The van der Waals surface area contributed by atoms with E-state index >= 15 is 0 Å². The van der Waals surface area contributed by atoms with Gasteiger partial charge in [0.2, 0.25) is 5.91 Å². The van der Waals surface area contributed by atoms with Crippen LogP contribution in [0.5, 0.6) is 23.0 Å². The minimum atomic E-state index is -0.570. The van der Waals surface area contributed by atoms with Gasteiger partial charge in [0, 0.05) is 12.6 Å². The van der Waals surface area contributed by atoms with Crippen LogP contribution in [0.4, 0.5) is 0 Å². The molecule has 1 atom stereocenters. The minimum Gasteiger partial charge on any atom is -0.493 e. The third kappa shape index (κ3) is 4.80. The number of fused-ring (bicyclic) bond motifs is 1. The largest absolute Gasteiger partial charge is 0.493 e. The van der Waals surface area contributed by atoms with Crippen molar-refractivity contribution in [1.82, 2.24) is 4.90 Å². The number of hydrogen-bond acceptors (Lipinski definition) is 6. The summed E-state index contributed by atoms with van der Waals surface area (Å²) < 4.78 is 21.9. The number of amides is 2. The van der Waals surface area contributed by atoms with Gasteiger partial charge in [0.05, 0.1) is 13.2 Å². The summed E-state index contributed by atoms with van der Waals surface area (Å²) in [5.41, 5.74) is 6.94. The number of benzene rings is 2. The molecule has 2 aliphatic rings. The number of hydrogen-bond donors (Lipinski definition) is 1. The van der Waals surface area contributed by atoms with Crippen molar-refractivity contribution in [1.29, 1.82) is 0 Å². The molecule has 1 unspecified atom stereocenters. The molecular weight excluding hydrogens is 412 g/mol. The zero-order valence-electron chi connectivity index (χ0n) is 17.9. The van der Waals surface area contributed by atoms with E-state index in [1.54, 1.807) is 30.4 Å². The molecular formula is C24H26N2O6. The number of rotatable bonds is 7. The molecule has 2 heterocycles. The Morgan fingerprint density at radius 2 is 1.94 bits per heavy atom. The summed E-state index contributed by atoms with van der Waals surface area (Å²) in [5, 5.41) is 0. The van der Waals surface area contributed by atoms with Crippen molar-refractivity contribution >= 4 is 17.9 Å². The zero-order valence-corrected chi connectivity index (χ0v) is 17.9. The summed E-state index contributed by atoms with van der Waals surface area (Å²) in [6, 6.07) is 11.1. The average Bonchev–Trinajstić information content (AvgIpc) is 3.31. The molecule has 0 saturated carbocycles. The van der Waals surface area contributed by atoms with Crippen LogP contribution >= 0.6 is 0 Å². The van der Waals surface area contributed by atoms with E-state index < -0.39 is 5.91 Å². The van der Waals surface area contributed by atoms with E-state index in [1.165, 1.54) is 7.11 Å². The smallest absolute Gasteiger partial charge is 0.255 e. The van der Waals surface area contributed by atoms with Crippen LogP contribution in [0, 0.1) is 0 Å². The van der Waals surface area contributed by atoms with Gasteiger partial charge in [-0.25, -0.2) is 0 Å². The molecule has 0 radical (unpaired) electrons.